The fourth-order valence-corrected chi connectivity index (χ4v) is 4.64. The summed E-state index contributed by atoms with van der Waals surface area (Å²) in [5.41, 5.74) is 1.24. The Morgan fingerprint density at radius 2 is 1.43 bits per heavy atom. The Morgan fingerprint density at radius 1 is 0.833 bits per heavy atom. The summed E-state index contributed by atoms with van der Waals surface area (Å²) < 4.78 is 0. The van der Waals surface area contributed by atoms with Gasteiger partial charge in [0.2, 0.25) is 11.8 Å². The van der Waals surface area contributed by atoms with E-state index < -0.39 is 0 Å². The van der Waals surface area contributed by atoms with E-state index in [1.807, 2.05) is 18.2 Å². The number of benzene rings is 1. The van der Waals surface area contributed by atoms with Gasteiger partial charge < -0.3 is 4.90 Å². The summed E-state index contributed by atoms with van der Waals surface area (Å²) in [4.78, 5) is 31.5. The van der Waals surface area contributed by atoms with Gasteiger partial charge in [-0.2, -0.15) is 0 Å². The summed E-state index contributed by atoms with van der Waals surface area (Å²) in [5.74, 6) is -0.0845. The molecule has 1 aliphatic carbocycles. The summed E-state index contributed by atoms with van der Waals surface area (Å²) in [6, 6.07) is 10.4. The maximum atomic E-state index is 12.5. The predicted molar refractivity (Wildman–Crippen MR) is 122 cm³/mol. The van der Waals surface area contributed by atoms with Crippen LogP contribution < -0.4 is 0 Å². The minimum atomic E-state index is -0.0972. The molecule has 162 valence electrons. The van der Waals surface area contributed by atoms with Crippen LogP contribution >= 0.6 is 12.4 Å². The first-order chi connectivity index (χ1) is 14.2. The SMILES string of the molecule is Cl.O=C1C2CC=CCC2C(=O)N1CCCN1CCN(C/C=C/c2ccccc2)CC1. The number of carbonyl (C=O) groups is 2. The lowest BCUT2D eigenvalue weighted by Gasteiger charge is -2.34. The lowest BCUT2D eigenvalue weighted by atomic mass is 9.85. The third kappa shape index (κ3) is 5.39. The van der Waals surface area contributed by atoms with Crippen LogP contribution in [0.4, 0.5) is 0 Å². The minimum absolute atomic E-state index is 0. The Hall–Kier alpha value is -1.95. The summed E-state index contributed by atoms with van der Waals surface area (Å²) >= 11 is 0. The minimum Gasteiger partial charge on any atom is -0.301 e. The summed E-state index contributed by atoms with van der Waals surface area (Å²) in [7, 11) is 0. The molecule has 2 atom stereocenters. The number of nitrogens with zero attached hydrogens (tertiary/aromatic N) is 3. The van der Waals surface area contributed by atoms with Crippen molar-refractivity contribution in [1.29, 1.82) is 0 Å². The number of rotatable bonds is 7. The second-order valence-electron chi connectivity index (χ2n) is 8.29. The maximum absolute atomic E-state index is 12.5. The van der Waals surface area contributed by atoms with Crippen molar-refractivity contribution in [3.8, 4) is 0 Å². The third-order valence-corrected chi connectivity index (χ3v) is 6.39. The average Bonchev–Trinajstić information content (AvgIpc) is 3.01. The van der Waals surface area contributed by atoms with Gasteiger partial charge in [0.25, 0.3) is 0 Å². The van der Waals surface area contributed by atoms with Crippen LogP contribution in [-0.2, 0) is 9.59 Å². The Labute approximate surface area is 185 Å². The van der Waals surface area contributed by atoms with Gasteiger partial charge in [-0.1, -0.05) is 54.6 Å². The number of allylic oxidation sites excluding steroid dienone is 2. The molecule has 0 saturated carbocycles. The number of halogens is 1. The van der Waals surface area contributed by atoms with Gasteiger partial charge in [0.05, 0.1) is 11.8 Å². The van der Waals surface area contributed by atoms with E-state index in [2.05, 4.69) is 46.2 Å². The van der Waals surface area contributed by atoms with E-state index in [0.717, 1.165) is 58.5 Å². The van der Waals surface area contributed by atoms with Crippen LogP contribution in [0.5, 0.6) is 0 Å². The number of likely N-dealkylation sites (tertiary alicyclic amines) is 1. The van der Waals surface area contributed by atoms with Gasteiger partial charge in [-0.25, -0.2) is 0 Å². The topological polar surface area (TPSA) is 43.9 Å². The molecule has 5 nitrogen and oxygen atoms in total. The van der Waals surface area contributed by atoms with E-state index >= 15 is 0 Å². The zero-order valence-electron chi connectivity index (χ0n) is 17.5. The van der Waals surface area contributed by atoms with Crippen molar-refractivity contribution < 1.29 is 9.59 Å². The van der Waals surface area contributed by atoms with Gasteiger partial charge >= 0.3 is 0 Å². The molecule has 2 aliphatic heterocycles. The molecule has 4 rings (SSSR count). The standard InChI is InChI=1S/C24H31N3O2.ClH/c28-23-21-11-4-5-12-22(21)24(29)27(23)15-7-14-26-18-16-25(17-19-26)13-6-10-20-8-2-1-3-9-20;/h1-6,8-10,21-22H,7,11-19H2;1H/b10-6+;. The summed E-state index contributed by atoms with van der Waals surface area (Å²) in [5, 5.41) is 0. The third-order valence-electron chi connectivity index (χ3n) is 6.39. The fourth-order valence-electron chi connectivity index (χ4n) is 4.64. The van der Waals surface area contributed by atoms with E-state index in [-0.39, 0.29) is 36.1 Å². The molecule has 0 bridgehead atoms. The summed E-state index contributed by atoms with van der Waals surface area (Å²) in [6.45, 7) is 6.75. The molecule has 30 heavy (non-hydrogen) atoms. The van der Waals surface area contributed by atoms with Crippen molar-refractivity contribution in [2.24, 2.45) is 11.8 Å². The summed E-state index contributed by atoms with van der Waals surface area (Å²) in [6.07, 6.45) is 10.8. The molecule has 0 spiro atoms. The molecule has 0 N–H and O–H groups in total. The van der Waals surface area contributed by atoms with Gasteiger partial charge in [0.15, 0.2) is 0 Å². The zero-order chi connectivity index (χ0) is 20.1. The van der Waals surface area contributed by atoms with Crippen LogP contribution in [0.3, 0.4) is 0 Å². The van der Waals surface area contributed by atoms with Crippen molar-refractivity contribution in [3.05, 3.63) is 54.1 Å². The number of carbonyl (C=O) groups excluding carboxylic acids is 2. The Kier molecular flexibility index (Phi) is 8.25. The van der Waals surface area contributed by atoms with Crippen LogP contribution in [0.25, 0.3) is 6.08 Å². The highest BCUT2D eigenvalue weighted by Crippen LogP contribution is 2.35. The highest BCUT2D eigenvalue weighted by molar-refractivity contribution is 6.05. The Bertz CT molecular complexity index is 746. The lowest BCUT2D eigenvalue weighted by Crippen LogP contribution is -2.47. The number of amides is 2. The molecule has 1 aromatic rings. The van der Waals surface area contributed by atoms with Crippen molar-refractivity contribution in [2.75, 3.05) is 45.8 Å². The number of piperazine rings is 1. The van der Waals surface area contributed by atoms with E-state index in [0.29, 0.717) is 6.54 Å². The number of hydrogen-bond acceptors (Lipinski definition) is 4. The second kappa shape index (κ2) is 10.9. The predicted octanol–water partition coefficient (Wildman–Crippen LogP) is 3.08. The van der Waals surface area contributed by atoms with Gasteiger partial charge in [-0.05, 0) is 31.4 Å². The molecule has 2 heterocycles. The maximum Gasteiger partial charge on any atom is 0.233 e. The molecule has 0 aromatic heterocycles. The molecule has 3 aliphatic rings. The first kappa shape index (κ1) is 22.7. The molecular weight excluding hydrogens is 398 g/mol. The quantitative estimate of drug-likeness (QED) is 0.493. The molecular formula is C24H32ClN3O2. The molecule has 2 saturated heterocycles. The van der Waals surface area contributed by atoms with E-state index in [1.54, 1.807) is 0 Å². The monoisotopic (exact) mass is 429 g/mol. The molecule has 2 amide bonds. The lowest BCUT2D eigenvalue weighted by molar-refractivity contribution is -0.140. The van der Waals surface area contributed by atoms with Gasteiger partial charge in [-0.15, -0.1) is 12.4 Å². The Morgan fingerprint density at radius 3 is 2.07 bits per heavy atom. The number of hydrogen-bond donors (Lipinski definition) is 0. The zero-order valence-corrected chi connectivity index (χ0v) is 18.3. The largest absolute Gasteiger partial charge is 0.301 e. The highest BCUT2D eigenvalue weighted by Gasteiger charge is 2.46. The fraction of sp³-hybridized carbons (Fsp3) is 0.500. The normalized spacial score (nSPS) is 25.0. The van der Waals surface area contributed by atoms with Crippen LogP contribution in [-0.4, -0.2) is 72.3 Å². The Balaban J connectivity index is 0.00000256. The van der Waals surface area contributed by atoms with Crippen molar-refractivity contribution in [2.45, 2.75) is 19.3 Å². The van der Waals surface area contributed by atoms with Gasteiger partial charge in [0, 0.05) is 39.3 Å². The second-order valence-corrected chi connectivity index (χ2v) is 8.29. The van der Waals surface area contributed by atoms with Gasteiger partial charge in [0.1, 0.15) is 0 Å². The molecule has 2 fully saturated rings. The van der Waals surface area contributed by atoms with Crippen LogP contribution in [0.1, 0.15) is 24.8 Å². The molecule has 2 unspecified atom stereocenters. The van der Waals surface area contributed by atoms with Crippen LogP contribution in [0, 0.1) is 11.8 Å². The van der Waals surface area contributed by atoms with E-state index in [9.17, 15) is 9.59 Å². The number of imide groups is 1. The smallest absolute Gasteiger partial charge is 0.233 e. The first-order valence-electron chi connectivity index (χ1n) is 10.9. The molecule has 1 aromatic carbocycles. The molecule has 6 heteroatoms. The van der Waals surface area contributed by atoms with Crippen molar-refractivity contribution in [1.82, 2.24) is 14.7 Å². The average molecular weight is 430 g/mol. The van der Waals surface area contributed by atoms with Crippen molar-refractivity contribution in [3.63, 3.8) is 0 Å². The van der Waals surface area contributed by atoms with Gasteiger partial charge in [-0.3, -0.25) is 19.4 Å². The molecule has 0 radical (unpaired) electrons. The van der Waals surface area contributed by atoms with E-state index in [1.165, 1.54) is 10.5 Å². The number of fused-ring (bicyclic) bond motifs is 1. The van der Waals surface area contributed by atoms with Crippen molar-refractivity contribution >= 4 is 30.3 Å². The van der Waals surface area contributed by atoms with E-state index in [4.69, 9.17) is 0 Å². The highest BCUT2D eigenvalue weighted by atomic mass is 35.5. The van der Waals surface area contributed by atoms with Crippen LogP contribution in [0.2, 0.25) is 0 Å². The van der Waals surface area contributed by atoms with Crippen LogP contribution in [0.15, 0.2) is 48.6 Å². The first-order valence-corrected chi connectivity index (χ1v) is 10.9.